The molecule has 0 saturated heterocycles. The molecule has 1 N–H and O–H groups in total. The van der Waals surface area contributed by atoms with E-state index in [1.54, 1.807) is 29.5 Å². The Morgan fingerprint density at radius 2 is 1.96 bits per heavy atom. The van der Waals surface area contributed by atoms with Gasteiger partial charge in [-0.25, -0.2) is 4.39 Å². The van der Waals surface area contributed by atoms with Crippen LogP contribution in [0.1, 0.15) is 25.3 Å². The number of aromatic nitrogens is 2. The van der Waals surface area contributed by atoms with Crippen LogP contribution in [0, 0.1) is 5.82 Å². The van der Waals surface area contributed by atoms with Gasteiger partial charge in [-0.3, -0.25) is 4.79 Å². The van der Waals surface area contributed by atoms with Gasteiger partial charge < -0.3 is 5.32 Å². The maximum atomic E-state index is 12.8. The van der Waals surface area contributed by atoms with Crippen molar-refractivity contribution in [3.8, 4) is 0 Å². The molecule has 0 atom stereocenters. The topological polar surface area (TPSA) is 54.9 Å². The molecule has 2 aromatic heterocycles. The van der Waals surface area contributed by atoms with Crippen molar-refractivity contribution in [2.45, 2.75) is 6.54 Å². The van der Waals surface area contributed by atoms with Crippen LogP contribution in [0.2, 0.25) is 0 Å². The maximum Gasteiger partial charge on any atom is 0.282 e. The molecule has 0 saturated carbocycles. The number of amides is 1. The molecule has 0 spiro atoms. The molecule has 0 fully saturated rings. The van der Waals surface area contributed by atoms with E-state index in [2.05, 4.69) is 15.5 Å². The van der Waals surface area contributed by atoms with Crippen molar-refractivity contribution < 1.29 is 9.18 Å². The van der Waals surface area contributed by atoms with Crippen molar-refractivity contribution >= 4 is 51.3 Å². The summed E-state index contributed by atoms with van der Waals surface area (Å²) in [7, 11) is 0. The second-order valence-corrected chi connectivity index (χ2v) is 7.09. The fraction of sp³-hybridized carbons (Fsp3) is 0.0625. The summed E-state index contributed by atoms with van der Waals surface area (Å²) < 4.78 is 12.8. The van der Waals surface area contributed by atoms with Crippen molar-refractivity contribution in [3.63, 3.8) is 0 Å². The Kier molecular flexibility index (Phi) is 5.34. The molecule has 122 valence electrons. The minimum Gasteiger partial charge on any atom is -0.346 e. The van der Waals surface area contributed by atoms with Crippen molar-refractivity contribution in [1.82, 2.24) is 15.5 Å². The summed E-state index contributed by atoms with van der Waals surface area (Å²) in [6.45, 7) is 0.285. The SMILES string of the molecule is O=C(NCc1ccc(F)cc1)c1nnc(/C(Cl)=C/c2cccs2)s1. The highest BCUT2D eigenvalue weighted by Crippen LogP contribution is 2.26. The van der Waals surface area contributed by atoms with Crippen LogP contribution in [-0.4, -0.2) is 16.1 Å². The summed E-state index contributed by atoms with van der Waals surface area (Å²) in [4.78, 5) is 13.1. The Hall–Kier alpha value is -2.09. The molecule has 3 rings (SSSR count). The zero-order valence-corrected chi connectivity index (χ0v) is 14.6. The molecular weight excluding hydrogens is 369 g/mol. The van der Waals surface area contributed by atoms with E-state index in [0.717, 1.165) is 21.8 Å². The highest BCUT2D eigenvalue weighted by molar-refractivity contribution is 7.15. The van der Waals surface area contributed by atoms with E-state index in [0.29, 0.717) is 10.0 Å². The summed E-state index contributed by atoms with van der Waals surface area (Å²) in [6, 6.07) is 9.78. The average Bonchev–Trinajstić information content (AvgIpc) is 3.25. The summed E-state index contributed by atoms with van der Waals surface area (Å²) in [5, 5.41) is 13.6. The Morgan fingerprint density at radius 3 is 2.67 bits per heavy atom. The van der Waals surface area contributed by atoms with Crippen LogP contribution in [0.5, 0.6) is 0 Å². The first-order chi connectivity index (χ1) is 11.6. The standard InChI is InChI=1S/C16H11ClFN3OS2/c17-13(8-12-2-1-7-23-12)15-20-21-16(24-15)14(22)19-9-10-3-5-11(18)6-4-10/h1-8H,9H2,(H,19,22)/b13-8-. The molecule has 0 bridgehead atoms. The molecule has 0 unspecified atom stereocenters. The molecule has 1 aromatic carbocycles. The molecule has 1 amide bonds. The largest absolute Gasteiger partial charge is 0.346 e. The molecule has 8 heteroatoms. The molecule has 0 aliphatic carbocycles. The number of carbonyl (C=O) groups excluding carboxylic acids is 1. The smallest absolute Gasteiger partial charge is 0.282 e. The number of nitrogens with zero attached hydrogens (tertiary/aromatic N) is 2. The summed E-state index contributed by atoms with van der Waals surface area (Å²) in [5.74, 6) is -0.658. The lowest BCUT2D eigenvalue weighted by Gasteiger charge is -2.02. The molecular formula is C16H11ClFN3OS2. The maximum absolute atomic E-state index is 12.8. The van der Waals surface area contributed by atoms with Crippen molar-refractivity contribution in [1.29, 1.82) is 0 Å². The second-order valence-electron chi connectivity index (χ2n) is 4.73. The first-order valence-corrected chi connectivity index (χ1v) is 8.96. The van der Waals surface area contributed by atoms with Crippen molar-refractivity contribution in [3.05, 3.63) is 68.1 Å². The van der Waals surface area contributed by atoms with Crippen LogP contribution >= 0.6 is 34.3 Å². The van der Waals surface area contributed by atoms with Gasteiger partial charge in [-0.05, 0) is 35.2 Å². The summed E-state index contributed by atoms with van der Waals surface area (Å²) >= 11 is 8.89. The lowest BCUT2D eigenvalue weighted by atomic mass is 10.2. The third-order valence-corrected chi connectivity index (χ3v) is 5.18. The van der Waals surface area contributed by atoms with Gasteiger partial charge in [-0.2, -0.15) is 0 Å². The van der Waals surface area contributed by atoms with Gasteiger partial charge >= 0.3 is 0 Å². The van der Waals surface area contributed by atoms with Gasteiger partial charge in [-0.15, -0.1) is 21.5 Å². The Balaban J connectivity index is 1.64. The van der Waals surface area contributed by atoms with Crippen LogP contribution in [0.25, 0.3) is 11.1 Å². The number of benzene rings is 1. The molecule has 0 radical (unpaired) electrons. The van der Waals surface area contributed by atoms with Crippen LogP contribution < -0.4 is 5.32 Å². The van der Waals surface area contributed by atoms with Crippen molar-refractivity contribution in [2.75, 3.05) is 0 Å². The minimum atomic E-state index is -0.344. The third-order valence-electron chi connectivity index (χ3n) is 3.00. The lowest BCUT2D eigenvalue weighted by Crippen LogP contribution is -2.22. The van der Waals surface area contributed by atoms with E-state index in [1.807, 2.05) is 17.5 Å². The van der Waals surface area contributed by atoms with E-state index in [4.69, 9.17) is 11.6 Å². The fourth-order valence-electron chi connectivity index (χ4n) is 1.83. The van der Waals surface area contributed by atoms with Crippen LogP contribution in [-0.2, 0) is 6.54 Å². The van der Waals surface area contributed by atoms with Gasteiger partial charge in [0.15, 0.2) is 5.01 Å². The van der Waals surface area contributed by atoms with Gasteiger partial charge in [0, 0.05) is 11.4 Å². The Bertz CT molecular complexity index is 860. The second kappa shape index (κ2) is 7.65. The van der Waals surface area contributed by atoms with Crippen LogP contribution in [0.15, 0.2) is 41.8 Å². The minimum absolute atomic E-state index is 0.227. The number of halogens is 2. The average molecular weight is 380 g/mol. The molecule has 3 aromatic rings. The highest BCUT2D eigenvalue weighted by Gasteiger charge is 2.14. The number of rotatable bonds is 5. The zero-order valence-electron chi connectivity index (χ0n) is 12.2. The number of thiophene rings is 1. The van der Waals surface area contributed by atoms with Gasteiger partial charge in [0.25, 0.3) is 5.91 Å². The number of nitrogens with one attached hydrogen (secondary N) is 1. The molecule has 0 aliphatic heterocycles. The lowest BCUT2D eigenvalue weighted by molar-refractivity contribution is 0.0950. The Morgan fingerprint density at radius 1 is 1.21 bits per heavy atom. The van der Waals surface area contributed by atoms with E-state index in [9.17, 15) is 9.18 Å². The molecule has 0 aliphatic rings. The van der Waals surface area contributed by atoms with Crippen LogP contribution in [0.3, 0.4) is 0 Å². The predicted octanol–water partition coefficient (Wildman–Crippen LogP) is 4.41. The van der Waals surface area contributed by atoms with E-state index >= 15 is 0 Å². The third kappa shape index (κ3) is 4.25. The zero-order chi connectivity index (χ0) is 16.9. The molecule has 24 heavy (non-hydrogen) atoms. The molecule has 4 nitrogen and oxygen atoms in total. The summed E-state index contributed by atoms with van der Waals surface area (Å²) in [6.07, 6.45) is 1.78. The van der Waals surface area contributed by atoms with Crippen molar-refractivity contribution in [2.24, 2.45) is 0 Å². The Labute approximate surface area is 150 Å². The quantitative estimate of drug-likeness (QED) is 0.714. The van der Waals surface area contributed by atoms with Gasteiger partial charge in [0.05, 0.1) is 5.03 Å². The number of carbonyl (C=O) groups is 1. The molecule has 2 heterocycles. The predicted molar refractivity (Wildman–Crippen MR) is 95.5 cm³/mol. The number of hydrogen-bond donors (Lipinski definition) is 1. The first-order valence-electron chi connectivity index (χ1n) is 6.89. The van der Waals surface area contributed by atoms with Crippen LogP contribution in [0.4, 0.5) is 4.39 Å². The fourth-order valence-corrected chi connectivity index (χ4v) is 3.49. The van der Waals surface area contributed by atoms with E-state index in [1.165, 1.54) is 12.1 Å². The normalized spacial score (nSPS) is 11.5. The van der Waals surface area contributed by atoms with Gasteiger partial charge in [0.1, 0.15) is 5.82 Å². The van der Waals surface area contributed by atoms with Gasteiger partial charge in [-0.1, -0.05) is 41.1 Å². The van der Waals surface area contributed by atoms with E-state index < -0.39 is 0 Å². The van der Waals surface area contributed by atoms with E-state index in [-0.39, 0.29) is 23.3 Å². The monoisotopic (exact) mass is 379 g/mol. The number of hydrogen-bond acceptors (Lipinski definition) is 5. The highest BCUT2D eigenvalue weighted by atomic mass is 35.5. The van der Waals surface area contributed by atoms with Gasteiger partial charge in [0.2, 0.25) is 5.01 Å². The first kappa shape index (κ1) is 16.8. The summed E-state index contributed by atoms with van der Waals surface area (Å²) in [5.41, 5.74) is 0.796.